The van der Waals surface area contributed by atoms with Crippen LogP contribution in [0.3, 0.4) is 0 Å². The van der Waals surface area contributed by atoms with Gasteiger partial charge in [-0.25, -0.2) is 4.98 Å². The SMILES string of the molecule is CSc1nc(C(N)=O)ccc1OC1CC1. The van der Waals surface area contributed by atoms with Crippen LogP contribution in [0.1, 0.15) is 23.3 Å². The van der Waals surface area contributed by atoms with Gasteiger partial charge in [0.2, 0.25) is 0 Å². The highest BCUT2D eigenvalue weighted by atomic mass is 32.2. The number of primary amides is 1. The molecular formula is C10H12N2O2S. The van der Waals surface area contributed by atoms with Crippen molar-refractivity contribution in [3.05, 3.63) is 17.8 Å². The molecule has 1 saturated carbocycles. The Kier molecular flexibility index (Phi) is 2.81. The molecule has 2 rings (SSSR count). The average molecular weight is 224 g/mol. The number of hydrogen-bond donors (Lipinski definition) is 1. The zero-order valence-electron chi connectivity index (χ0n) is 8.40. The molecule has 1 aliphatic rings. The summed E-state index contributed by atoms with van der Waals surface area (Å²) in [7, 11) is 0. The van der Waals surface area contributed by atoms with Gasteiger partial charge in [-0.15, -0.1) is 11.8 Å². The fraction of sp³-hybridized carbons (Fsp3) is 0.400. The Bertz CT molecular complexity index is 391. The monoisotopic (exact) mass is 224 g/mol. The molecule has 0 spiro atoms. The second-order valence-electron chi connectivity index (χ2n) is 3.39. The zero-order chi connectivity index (χ0) is 10.8. The number of nitrogens with zero attached hydrogens (tertiary/aromatic N) is 1. The lowest BCUT2D eigenvalue weighted by Gasteiger charge is -2.08. The summed E-state index contributed by atoms with van der Waals surface area (Å²) in [4.78, 5) is 15.1. The summed E-state index contributed by atoms with van der Waals surface area (Å²) < 4.78 is 5.65. The van der Waals surface area contributed by atoms with E-state index in [9.17, 15) is 4.79 Å². The van der Waals surface area contributed by atoms with Gasteiger partial charge in [-0.2, -0.15) is 0 Å². The molecule has 80 valence electrons. The number of ether oxygens (including phenoxy) is 1. The number of amides is 1. The molecular weight excluding hydrogens is 212 g/mol. The molecule has 1 heterocycles. The molecule has 4 nitrogen and oxygen atoms in total. The van der Waals surface area contributed by atoms with E-state index in [2.05, 4.69) is 4.98 Å². The third-order valence-corrected chi connectivity index (χ3v) is 2.77. The van der Waals surface area contributed by atoms with Crippen LogP contribution in [0.2, 0.25) is 0 Å². The predicted molar refractivity (Wildman–Crippen MR) is 58.2 cm³/mol. The molecule has 0 bridgehead atoms. The van der Waals surface area contributed by atoms with Crippen molar-refractivity contribution in [3.63, 3.8) is 0 Å². The summed E-state index contributed by atoms with van der Waals surface area (Å²) in [5.41, 5.74) is 5.43. The number of pyridine rings is 1. The van der Waals surface area contributed by atoms with Gasteiger partial charge in [-0.3, -0.25) is 4.79 Å². The number of thioether (sulfide) groups is 1. The van der Waals surface area contributed by atoms with Crippen molar-refractivity contribution in [2.45, 2.75) is 24.0 Å². The largest absolute Gasteiger partial charge is 0.488 e. The van der Waals surface area contributed by atoms with Gasteiger partial charge in [-0.1, -0.05) is 0 Å². The Labute approximate surface area is 92.2 Å². The van der Waals surface area contributed by atoms with Crippen LogP contribution in [0.4, 0.5) is 0 Å². The van der Waals surface area contributed by atoms with Crippen molar-refractivity contribution in [3.8, 4) is 5.75 Å². The van der Waals surface area contributed by atoms with Gasteiger partial charge in [0.15, 0.2) is 5.75 Å². The molecule has 0 saturated heterocycles. The van der Waals surface area contributed by atoms with Crippen molar-refractivity contribution in [2.75, 3.05) is 6.26 Å². The van der Waals surface area contributed by atoms with Crippen LogP contribution in [0.25, 0.3) is 0 Å². The van der Waals surface area contributed by atoms with Gasteiger partial charge in [-0.05, 0) is 31.2 Å². The number of aromatic nitrogens is 1. The lowest BCUT2D eigenvalue weighted by molar-refractivity contribution is 0.0995. The van der Waals surface area contributed by atoms with Gasteiger partial charge in [0, 0.05) is 0 Å². The van der Waals surface area contributed by atoms with Crippen molar-refractivity contribution in [2.24, 2.45) is 5.73 Å². The predicted octanol–water partition coefficient (Wildman–Crippen LogP) is 1.44. The van der Waals surface area contributed by atoms with Crippen molar-refractivity contribution < 1.29 is 9.53 Å². The molecule has 1 amide bonds. The minimum atomic E-state index is -0.511. The Morgan fingerprint density at radius 1 is 1.60 bits per heavy atom. The lowest BCUT2D eigenvalue weighted by Crippen LogP contribution is -2.13. The molecule has 1 fully saturated rings. The summed E-state index contributed by atoms with van der Waals surface area (Å²) >= 11 is 1.45. The summed E-state index contributed by atoms with van der Waals surface area (Å²) in [5.74, 6) is 0.235. The molecule has 0 radical (unpaired) electrons. The number of carbonyl (C=O) groups is 1. The highest BCUT2D eigenvalue weighted by Gasteiger charge is 2.25. The van der Waals surface area contributed by atoms with Crippen molar-refractivity contribution in [1.29, 1.82) is 0 Å². The van der Waals surface area contributed by atoms with Gasteiger partial charge >= 0.3 is 0 Å². The average Bonchev–Trinajstić information content (AvgIpc) is 3.02. The normalized spacial score (nSPS) is 15.0. The Morgan fingerprint density at radius 3 is 2.87 bits per heavy atom. The summed E-state index contributed by atoms with van der Waals surface area (Å²) in [6.45, 7) is 0. The molecule has 0 aliphatic heterocycles. The first-order valence-corrected chi connectivity index (χ1v) is 5.94. The van der Waals surface area contributed by atoms with E-state index >= 15 is 0 Å². The van der Waals surface area contributed by atoms with E-state index in [1.54, 1.807) is 12.1 Å². The number of carbonyl (C=O) groups excluding carboxylic acids is 1. The molecule has 5 heteroatoms. The van der Waals surface area contributed by atoms with E-state index < -0.39 is 5.91 Å². The Morgan fingerprint density at radius 2 is 2.33 bits per heavy atom. The first-order chi connectivity index (χ1) is 7.20. The minimum Gasteiger partial charge on any atom is -0.488 e. The number of hydrogen-bond acceptors (Lipinski definition) is 4. The second kappa shape index (κ2) is 4.10. The fourth-order valence-corrected chi connectivity index (χ4v) is 1.67. The summed E-state index contributed by atoms with van der Waals surface area (Å²) in [6.07, 6.45) is 4.43. The van der Waals surface area contributed by atoms with Gasteiger partial charge in [0.1, 0.15) is 10.7 Å². The van der Waals surface area contributed by atoms with E-state index in [0.29, 0.717) is 6.10 Å². The smallest absolute Gasteiger partial charge is 0.267 e. The van der Waals surface area contributed by atoms with Crippen LogP contribution < -0.4 is 10.5 Å². The molecule has 1 aromatic rings. The first kappa shape index (κ1) is 10.3. The standard InChI is InChI=1S/C10H12N2O2S/c1-15-10-8(14-6-2-3-6)5-4-7(12-10)9(11)13/h4-6H,2-3H2,1H3,(H2,11,13). The molecule has 15 heavy (non-hydrogen) atoms. The van der Waals surface area contributed by atoms with E-state index in [1.165, 1.54) is 11.8 Å². The lowest BCUT2D eigenvalue weighted by atomic mass is 10.3. The van der Waals surface area contributed by atoms with Crippen molar-refractivity contribution in [1.82, 2.24) is 4.98 Å². The van der Waals surface area contributed by atoms with Gasteiger partial charge < -0.3 is 10.5 Å². The Balaban J connectivity index is 2.25. The fourth-order valence-electron chi connectivity index (χ4n) is 1.17. The first-order valence-electron chi connectivity index (χ1n) is 4.72. The maximum Gasteiger partial charge on any atom is 0.267 e. The number of rotatable bonds is 4. The zero-order valence-corrected chi connectivity index (χ0v) is 9.21. The van der Waals surface area contributed by atoms with Crippen LogP contribution in [0.15, 0.2) is 17.2 Å². The molecule has 0 aromatic carbocycles. The van der Waals surface area contributed by atoms with E-state index in [1.807, 2.05) is 6.26 Å². The number of nitrogens with two attached hydrogens (primary N) is 1. The van der Waals surface area contributed by atoms with E-state index in [4.69, 9.17) is 10.5 Å². The minimum absolute atomic E-state index is 0.280. The molecule has 1 aliphatic carbocycles. The maximum absolute atomic E-state index is 10.9. The summed E-state index contributed by atoms with van der Waals surface area (Å²) in [6, 6.07) is 3.36. The van der Waals surface area contributed by atoms with Crippen LogP contribution in [-0.4, -0.2) is 23.3 Å². The molecule has 0 unspecified atom stereocenters. The highest BCUT2D eigenvalue weighted by Crippen LogP contribution is 2.32. The van der Waals surface area contributed by atoms with Crippen LogP contribution >= 0.6 is 11.8 Å². The third kappa shape index (κ3) is 2.41. The molecule has 2 N–H and O–H groups in total. The highest BCUT2D eigenvalue weighted by molar-refractivity contribution is 7.98. The van der Waals surface area contributed by atoms with E-state index in [-0.39, 0.29) is 5.69 Å². The maximum atomic E-state index is 10.9. The summed E-state index contributed by atoms with van der Waals surface area (Å²) in [5, 5.41) is 0.721. The van der Waals surface area contributed by atoms with Crippen molar-refractivity contribution >= 4 is 17.7 Å². The van der Waals surface area contributed by atoms with Crippen LogP contribution in [0, 0.1) is 0 Å². The Hall–Kier alpha value is -1.23. The van der Waals surface area contributed by atoms with E-state index in [0.717, 1.165) is 23.6 Å². The van der Waals surface area contributed by atoms with Crippen LogP contribution in [-0.2, 0) is 0 Å². The third-order valence-electron chi connectivity index (χ3n) is 2.09. The second-order valence-corrected chi connectivity index (χ2v) is 4.18. The van der Waals surface area contributed by atoms with Crippen LogP contribution in [0.5, 0.6) is 5.75 Å². The van der Waals surface area contributed by atoms with Gasteiger partial charge in [0.05, 0.1) is 6.10 Å². The molecule has 0 atom stereocenters. The quantitative estimate of drug-likeness (QED) is 0.786. The topological polar surface area (TPSA) is 65.2 Å². The van der Waals surface area contributed by atoms with Gasteiger partial charge in [0.25, 0.3) is 5.91 Å². The molecule has 1 aromatic heterocycles.